The summed E-state index contributed by atoms with van der Waals surface area (Å²) in [5, 5.41) is 4.14. The fraction of sp³-hybridized carbons (Fsp3) is 0.727. The molecule has 0 radical (unpaired) electrons. The van der Waals surface area contributed by atoms with Crippen molar-refractivity contribution in [3.05, 3.63) is 18.0 Å². The van der Waals surface area contributed by atoms with Gasteiger partial charge in [0.15, 0.2) is 0 Å². The first-order valence-corrected chi connectivity index (χ1v) is 5.31. The zero-order chi connectivity index (χ0) is 10.6. The van der Waals surface area contributed by atoms with E-state index in [-0.39, 0.29) is 5.54 Å². The SMILES string of the molecule is CCCC(C)(N)CCc1ccnn1C. The van der Waals surface area contributed by atoms with Crippen LogP contribution in [-0.4, -0.2) is 15.3 Å². The van der Waals surface area contributed by atoms with E-state index in [9.17, 15) is 0 Å². The number of nitrogens with two attached hydrogens (primary N) is 1. The summed E-state index contributed by atoms with van der Waals surface area (Å²) in [7, 11) is 1.98. The van der Waals surface area contributed by atoms with Gasteiger partial charge in [0.1, 0.15) is 0 Å². The van der Waals surface area contributed by atoms with Crippen LogP contribution in [0.4, 0.5) is 0 Å². The van der Waals surface area contributed by atoms with Crippen LogP contribution in [0.5, 0.6) is 0 Å². The van der Waals surface area contributed by atoms with Gasteiger partial charge in [0.05, 0.1) is 0 Å². The molecule has 1 aromatic heterocycles. The van der Waals surface area contributed by atoms with Gasteiger partial charge in [-0.15, -0.1) is 0 Å². The molecule has 1 atom stereocenters. The first kappa shape index (κ1) is 11.2. The molecule has 0 aliphatic carbocycles. The van der Waals surface area contributed by atoms with E-state index in [2.05, 4.69) is 25.0 Å². The van der Waals surface area contributed by atoms with Crippen molar-refractivity contribution in [3.8, 4) is 0 Å². The quantitative estimate of drug-likeness (QED) is 0.779. The van der Waals surface area contributed by atoms with E-state index in [1.54, 1.807) is 0 Å². The highest BCUT2D eigenvalue weighted by Crippen LogP contribution is 2.16. The van der Waals surface area contributed by atoms with Crippen molar-refractivity contribution in [1.82, 2.24) is 9.78 Å². The highest BCUT2D eigenvalue weighted by Gasteiger charge is 2.17. The summed E-state index contributed by atoms with van der Waals surface area (Å²) >= 11 is 0. The molecule has 0 saturated heterocycles. The molecule has 2 N–H and O–H groups in total. The number of aromatic nitrogens is 2. The van der Waals surface area contributed by atoms with Crippen LogP contribution in [0.1, 0.15) is 38.8 Å². The molecule has 0 saturated carbocycles. The first-order chi connectivity index (χ1) is 6.55. The molecule has 0 fully saturated rings. The minimum atomic E-state index is -0.0287. The number of hydrogen-bond donors (Lipinski definition) is 1. The Labute approximate surface area is 86.3 Å². The van der Waals surface area contributed by atoms with Crippen molar-refractivity contribution in [1.29, 1.82) is 0 Å². The van der Waals surface area contributed by atoms with Gasteiger partial charge in [-0.05, 0) is 32.3 Å². The van der Waals surface area contributed by atoms with Crippen molar-refractivity contribution < 1.29 is 0 Å². The summed E-state index contributed by atoms with van der Waals surface area (Å²) in [4.78, 5) is 0. The Bertz CT molecular complexity index is 276. The van der Waals surface area contributed by atoms with Crippen LogP contribution in [0.3, 0.4) is 0 Å². The maximum absolute atomic E-state index is 6.16. The third kappa shape index (κ3) is 3.14. The molecule has 1 rings (SSSR count). The van der Waals surface area contributed by atoms with Crippen molar-refractivity contribution in [2.24, 2.45) is 12.8 Å². The van der Waals surface area contributed by atoms with Gasteiger partial charge in [-0.3, -0.25) is 4.68 Å². The highest BCUT2D eigenvalue weighted by molar-refractivity contribution is 5.01. The Hall–Kier alpha value is -0.830. The van der Waals surface area contributed by atoms with Crippen molar-refractivity contribution in [3.63, 3.8) is 0 Å². The van der Waals surface area contributed by atoms with E-state index in [0.29, 0.717) is 0 Å². The Morgan fingerprint density at radius 2 is 2.21 bits per heavy atom. The fourth-order valence-corrected chi connectivity index (χ4v) is 1.76. The lowest BCUT2D eigenvalue weighted by Gasteiger charge is -2.23. The van der Waals surface area contributed by atoms with Gasteiger partial charge in [0.2, 0.25) is 0 Å². The van der Waals surface area contributed by atoms with E-state index < -0.39 is 0 Å². The molecule has 0 aromatic carbocycles. The predicted molar refractivity (Wildman–Crippen MR) is 59.0 cm³/mol. The van der Waals surface area contributed by atoms with Gasteiger partial charge in [0.25, 0.3) is 0 Å². The zero-order valence-electron chi connectivity index (χ0n) is 9.45. The molecule has 80 valence electrons. The summed E-state index contributed by atoms with van der Waals surface area (Å²) in [6.45, 7) is 4.31. The molecule has 1 heterocycles. The summed E-state index contributed by atoms with van der Waals surface area (Å²) in [5.41, 5.74) is 7.40. The Kier molecular flexibility index (Phi) is 3.69. The highest BCUT2D eigenvalue weighted by atomic mass is 15.2. The lowest BCUT2D eigenvalue weighted by Crippen LogP contribution is -2.36. The van der Waals surface area contributed by atoms with E-state index in [1.165, 1.54) is 5.69 Å². The molecule has 1 unspecified atom stereocenters. The van der Waals surface area contributed by atoms with E-state index in [4.69, 9.17) is 5.73 Å². The lowest BCUT2D eigenvalue weighted by atomic mass is 9.91. The van der Waals surface area contributed by atoms with E-state index in [0.717, 1.165) is 25.7 Å². The summed E-state index contributed by atoms with van der Waals surface area (Å²) < 4.78 is 1.92. The molecule has 0 aliphatic rings. The molecule has 0 bridgehead atoms. The first-order valence-electron chi connectivity index (χ1n) is 5.31. The van der Waals surface area contributed by atoms with Crippen LogP contribution in [0.25, 0.3) is 0 Å². The number of rotatable bonds is 5. The summed E-state index contributed by atoms with van der Waals surface area (Å²) in [6.07, 6.45) is 6.12. The maximum atomic E-state index is 6.16. The smallest absolute Gasteiger partial charge is 0.0492 e. The Balaban J connectivity index is 2.44. The average molecular weight is 195 g/mol. The molecule has 0 spiro atoms. The summed E-state index contributed by atoms with van der Waals surface area (Å²) in [6, 6.07) is 2.06. The van der Waals surface area contributed by atoms with Crippen LogP contribution >= 0.6 is 0 Å². The number of aryl methyl sites for hydroxylation is 2. The Morgan fingerprint density at radius 1 is 1.50 bits per heavy atom. The molecule has 3 nitrogen and oxygen atoms in total. The second kappa shape index (κ2) is 4.60. The van der Waals surface area contributed by atoms with Crippen LogP contribution < -0.4 is 5.73 Å². The largest absolute Gasteiger partial charge is 0.325 e. The minimum absolute atomic E-state index is 0.0287. The van der Waals surface area contributed by atoms with Crippen LogP contribution in [0.2, 0.25) is 0 Å². The third-order valence-corrected chi connectivity index (χ3v) is 2.70. The van der Waals surface area contributed by atoms with Crippen molar-refractivity contribution >= 4 is 0 Å². The Morgan fingerprint density at radius 3 is 2.71 bits per heavy atom. The van der Waals surface area contributed by atoms with E-state index in [1.807, 2.05) is 17.9 Å². The molecule has 1 aromatic rings. The van der Waals surface area contributed by atoms with Gasteiger partial charge in [0, 0.05) is 24.5 Å². The second-order valence-electron chi connectivity index (χ2n) is 4.35. The number of hydrogen-bond acceptors (Lipinski definition) is 2. The molecular formula is C11H21N3. The topological polar surface area (TPSA) is 43.8 Å². The maximum Gasteiger partial charge on any atom is 0.0492 e. The van der Waals surface area contributed by atoms with Gasteiger partial charge in [-0.1, -0.05) is 13.3 Å². The fourth-order valence-electron chi connectivity index (χ4n) is 1.76. The van der Waals surface area contributed by atoms with Gasteiger partial charge in [-0.25, -0.2) is 0 Å². The van der Waals surface area contributed by atoms with Crippen LogP contribution in [0, 0.1) is 0 Å². The van der Waals surface area contributed by atoms with Crippen molar-refractivity contribution in [2.75, 3.05) is 0 Å². The standard InChI is InChI=1S/C11H21N3/c1-4-7-11(2,12)8-5-10-6-9-13-14(10)3/h6,9H,4-5,7-8,12H2,1-3H3. The average Bonchev–Trinajstić information content (AvgIpc) is 2.48. The third-order valence-electron chi connectivity index (χ3n) is 2.70. The molecule has 3 heteroatoms. The molecule has 14 heavy (non-hydrogen) atoms. The van der Waals surface area contributed by atoms with Gasteiger partial charge >= 0.3 is 0 Å². The normalized spacial score (nSPS) is 15.4. The molecular weight excluding hydrogens is 174 g/mol. The van der Waals surface area contributed by atoms with Gasteiger partial charge < -0.3 is 5.73 Å². The monoisotopic (exact) mass is 195 g/mol. The second-order valence-corrected chi connectivity index (χ2v) is 4.35. The van der Waals surface area contributed by atoms with E-state index >= 15 is 0 Å². The minimum Gasteiger partial charge on any atom is -0.325 e. The van der Waals surface area contributed by atoms with Crippen LogP contribution in [0.15, 0.2) is 12.3 Å². The molecule has 0 amide bonds. The lowest BCUT2D eigenvalue weighted by molar-refractivity contribution is 0.393. The zero-order valence-corrected chi connectivity index (χ0v) is 9.45. The van der Waals surface area contributed by atoms with Crippen LogP contribution in [-0.2, 0) is 13.5 Å². The summed E-state index contributed by atoms with van der Waals surface area (Å²) in [5.74, 6) is 0. The van der Waals surface area contributed by atoms with Crippen molar-refractivity contribution in [2.45, 2.75) is 45.1 Å². The molecule has 0 aliphatic heterocycles. The predicted octanol–water partition coefficient (Wildman–Crippen LogP) is 1.87. The van der Waals surface area contributed by atoms with Gasteiger partial charge in [-0.2, -0.15) is 5.10 Å². The number of nitrogens with zero attached hydrogens (tertiary/aromatic N) is 2.